The third-order valence-corrected chi connectivity index (χ3v) is 10.3. The summed E-state index contributed by atoms with van der Waals surface area (Å²) in [5.41, 5.74) is 2.58. The summed E-state index contributed by atoms with van der Waals surface area (Å²) in [6, 6.07) is 4.54. The number of aliphatic hydroxyl groups excluding tert-OH is 1. The predicted molar refractivity (Wildman–Crippen MR) is 209 cm³/mol. The van der Waals surface area contributed by atoms with Gasteiger partial charge in [-0.25, -0.2) is 0 Å². The van der Waals surface area contributed by atoms with Crippen molar-refractivity contribution in [1.82, 2.24) is 4.98 Å². The number of aryl methyl sites for hydroxylation is 1. The molecular formula is C44H56IrNO2S-. The molecule has 3 nitrogen and oxygen atoms in total. The summed E-state index contributed by atoms with van der Waals surface area (Å²) in [6.45, 7) is 22.2. The Morgan fingerprint density at radius 2 is 1.55 bits per heavy atom. The molecule has 0 amide bonds. The van der Waals surface area contributed by atoms with Crippen LogP contribution in [-0.4, -0.2) is 15.9 Å². The molecular weight excluding hydrogens is 799 g/mol. The molecule has 3 aromatic carbocycles. The second-order valence-electron chi connectivity index (χ2n) is 14.9. The number of carbonyl (C=O) groups excluding carboxylic acids is 1. The van der Waals surface area contributed by atoms with Crippen molar-refractivity contribution in [3.8, 4) is 11.3 Å². The smallest absolute Gasteiger partial charge is 0.162 e. The Morgan fingerprint density at radius 3 is 2.14 bits per heavy atom. The van der Waals surface area contributed by atoms with E-state index in [1.165, 1.54) is 17.4 Å². The van der Waals surface area contributed by atoms with Crippen molar-refractivity contribution in [2.24, 2.45) is 17.3 Å². The van der Waals surface area contributed by atoms with Crippen LogP contribution in [0, 0.1) is 30.2 Å². The zero-order chi connectivity index (χ0) is 41.5. The minimum atomic E-state index is -0.599. The molecule has 0 saturated heterocycles. The number of aromatic nitrogens is 1. The maximum Gasteiger partial charge on any atom is 0.162 e. The van der Waals surface area contributed by atoms with Crippen molar-refractivity contribution in [2.75, 3.05) is 0 Å². The number of thiophene rings is 1. The number of aliphatic hydroxyl groups is 1. The Kier molecular flexibility index (Phi) is 10.7. The molecule has 0 aliphatic rings. The number of nitrogens with zero attached hydrogens (tertiary/aromatic N) is 1. The fraction of sp³-hybridized carbons (Fsp3) is 0.455. The van der Waals surface area contributed by atoms with Crippen LogP contribution in [0.4, 0.5) is 0 Å². The number of carbonyl (C=O) groups is 1. The summed E-state index contributed by atoms with van der Waals surface area (Å²) in [4.78, 5) is 16.4. The molecule has 5 aromatic rings. The average Bonchev–Trinajstić information content (AvgIpc) is 3.51. The molecule has 265 valence electrons. The van der Waals surface area contributed by atoms with Crippen molar-refractivity contribution < 1.29 is 39.6 Å². The number of fused-ring (bicyclic) bond motifs is 4. The van der Waals surface area contributed by atoms with Gasteiger partial charge in [0.25, 0.3) is 0 Å². The number of hydrogen-bond acceptors (Lipinski definition) is 4. The van der Waals surface area contributed by atoms with E-state index in [0.29, 0.717) is 34.0 Å². The first kappa shape index (κ1) is 30.9. The van der Waals surface area contributed by atoms with Crippen LogP contribution in [0.2, 0.25) is 0 Å². The molecule has 0 bridgehead atoms. The monoisotopic (exact) mass is 862 g/mol. The quantitative estimate of drug-likeness (QED) is 0.0912. The van der Waals surface area contributed by atoms with Gasteiger partial charge < -0.3 is 5.11 Å². The SMILES string of the molecule is CCC(CC)C(=O)/C=C(\O)C(CC)CC.[2H]c1c([2H])c([2H])c2c(C(C)(C)C)c([2H])c(-c3nccc4c3sc3c(C)c(CC(C)(C)C)c([2H])c([2H])c34)[c-]c2c1[2H].[Ir]. The number of rotatable bonds is 9. The van der Waals surface area contributed by atoms with Crippen molar-refractivity contribution in [1.29, 1.82) is 0 Å². The van der Waals surface area contributed by atoms with Crippen LogP contribution < -0.4 is 0 Å². The largest absolute Gasteiger partial charge is 0.512 e. The van der Waals surface area contributed by atoms with Gasteiger partial charge >= 0.3 is 0 Å². The normalized spacial score (nSPS) is 14.5. The summed E-state index contributed by atoms with van der Waals surface area (Å²) in [5.74, 6) is 0.547. The Bertz CT molecular complexity index is 2300. The topological polar surface area (TPSA) is 50.2 Å². The number of benzene rings is 3. The molecule has 1 radical (unpaired) electrons. The van der Waals surface area contributed by atoms with E-state index in [9.17, 15) is 11.3 Å². The molecule has 0 atom stereocenters. The third kappa shape index (κ3) is 9.48. The minimum Gasteiger partial charge on any atom is -0.512 e. The van der Waals surface area contributed by atoms with Crippen LogP contribution in [-0.2, 0) is 36.7 Å². The number of allylic oxidation sites excluding steroid dienone is 2. The van der Waals surface area contributed by atoms with Crippen molar-refractivity contribution >= 4 is 48.1 Å². The van der Waals surface area contributed by atoms with Gasteiger partial charge in [0.05, 0.1) is 12.6 Å². The zero-order valence-corrected chi connectivity index (χ0v) is 34.2. The van der Waals surface area contributed by atoms with Gasteiger partial charge in [0.1, 0.15) is 0 Å². The summed E-state index contributed by atoms with van der Waals surface area (Å²) in [6.07, 6.45) is 7.22. The maximum absolute atomic E-state index is 11.7. The van der Waals surface area contributed by atoms with Gasteiger partial charge in [0, 0.05) is 67.4 Å². The molecule has 49 heavy (non-hydrogen) atoms. The van der Waals surface area contributed by atoms with Gasteiger partial charge in [-0.1, -0.05) is 110 Å². The Morgan fingerprint density at radius 1 is 0.918 bits per heavy atom. The van der Waals surface area contributed by atoms with E-state index in [1.54, 1.807) is 6.20 Å². The Labute approximate surface area is 322 Å². The van der Waals surface area contributed by atoms with Gasteiger partial charge in [-0.3, -0.25) is 9.78 Å². The predicted octanol–water partition coefficient (Wildman–Crippen LogP) is 13.1. The van der Waals surface area contributed by atoms with Crippen LogP contribution in [0.3, 0.4) is 0 Å². The molecule has 2 aromatic heterocycles. The second-order valence-corrected chi connectivity index (χ2v) is 16.0. The molecule has 1 N–H and O–H groups in total. The van der Waals surface area contributed by atoms with E-state index < -0.39 is 5.41 Å². The summed E-state index contributed by atoms with van der Waals surface area (Å²) >= 11 is 1.49. The molecule has 0 saturated carbocycles. The third-order valence-electron chi connectivity index (χ3n) is 8.95. The van der Waals surface area contributed by atoms with Crippen LogP contribution in [0.25, 0.3) is 42.2 Å². The van der Waals surface area contributed by atoms with Crippen LogP contribution in [0.5, 0.6) is 0 Å². The molecule has 2 heterocycles. The van der Waals surface area contributed by atoms with Crippen molar-refractivity contribution in [3.63, 3.8) is 0 Å². The summed E-state index contributed by atoms with van der Waals surface area (Å²) < 4.78 is 62.5. The Balaban J connectivity index is 0.000000448. The molecule has 0 fully saturated rings. The van der Waals surface area contributed by atoms with Gasteiger partial charge in [-0.15, -0.1) is 40.4 Å². The average molecular weight is 862 g/mol. The molecule has 0 unspecified atom stereocenters. The molecule has 5 rings (SSSR count). The molecule has 0 spiro atoms. The fourth-order valence-electron chi connectivity index (χ4n) is 6.06. The van der Waals surface area contributed by atoms with E-state index in [-0.39, 0.29) is 96.6 Å². The van der Waals surface area contributed by atoms with Gasteiger partial charge in [-0.05, 0) is 72.4 Å². The van der Waals surface area contributed by atoms with Crippen molar-refractivity contribution in [2.45, 2.75) is 114 Å². The minimum absolute atomic E-state index is 0. The van der Waals surface area contributed by atoms with E-state index in [1.807, 2.05) is 61.5 Å². The molecule has 0 aliphatic carbocycles. The van der Waals surface area contributed by atoms with E-state index in [0.717, 1.165) is 51.6 Å². The summed E-state index contributed by atoms with van der Waals surface area (Å²) in [7, 11) is 0. The van der Waals surface area contributed by atoms with Crippen LogP contribution >= 0.6 is 11.3 Å². The van der Waals surface area contributed by atoms with Crippen molar-refractivity contribution in [3.05, 3.63) is 89.2 Å². The van der Waals surface area contributed by atoms with Gasteiger partial charge in [0.2, 0.25) is 0 Å². The van der Waals surface area contributed by atoms with E-state index in [4.69, 9.17) is 8.22 Å². The molecule has 0 aliphatic heterocycles. The number of pyridine rings is 1. The van der Waals surface area contributed by atoms with E-state index >= 15 is 0 Å². The van der Waals surface area contributed by atoms with Crippen LogP contribution in [0.15, 0.2) is 66.4 Å². The Hall–Kier alpha value is -2.85. The maximum atomic E-state index is 11.7. The first-order chi connectivity index (χ1) is 25.6. The van der Waals surface area contributed by atoms with E-state index in [2.05, 4.69) is 31.8 Å². The van der Waals surface area contributed by atoms with Gasteiger partial charge in [0.15, 0.2) is 5.78 Å². The van der Waals surface area contributed by atoms with Crippen LogP contribution in [0.1, 0.15) is 121 Å². The first-order valence-electron chi connectivity index (χ1n) is 20.8. The standard InChI is InChI=1S/C31H32NS.C13H24O2.Ir/c1-19-21(18-30(2,3)4)12-13-24-25-14-15-32-27(29(25)33-28(19)24)22-16-20-10-8-9-11-23(20)26(17-22)31(5,6)7;1-5-10(6-2)12(14)9-13(15)11(7-3)8-4;/h8-15,17H,18H2,1-7H3;9-11,14H,5-8H2,1-4H3;/q-1;;/b;12-9-;/i8D,9D,10D,11D,12D,13D,17D;;. The fourth-order valence-corrected chi connectivity index (χ4v) is 7.34. The van der Waals surface area contributed by atoms with Gasteiger partial charge in [-0.2, -0.15) is 0 Å². The number of hydrogen-bond donors (Lipinski definition) is 1. The summed E-state index contributed by atoms with van der Waals surface area (Å²) in [5, 5.41) is 11.8. The second kappa shape index (κ2) is 16.9. The molecule has 5 heteroatoms. The zero-order valence-electron chi connectivity index (χ0n) is 38.0. The number of ketones is 1. The first-order valence-corrected chi connectivity index (χ1v) is 18.1.